The molecule has 1 fully saturated rings. The van der Waals surface area contributed by atoms with Crippen molar-refractivity contribution in [2.45, 2.75) is 31.4 Å². The van der Waals surface area contributed by atoms with Crippen LogP contribution >= 0.6 is 0 Å². The Labute approximate surface area is 107 Å². The van der Waals surface area contributed by atoms with Crippen molar-refractivity contribution in [3.63, 3.8) is 0 Å². The summed E-state index contributed by atoms with van der Waals surface area (Å²) >= 11 is 0. The molecule has 0 bridgehead atoms. The summed E-state index contributed by atoms with van der Waals surface area (Å²) in [5.74, 6) is -0.314. The van der Waals surface area contributed by atoms with E-state index in [0.29, 0.717) is 19.6 Å². The SMILES string of the molecule is NC(Cc1ccccc1)C(=O)OC1CCOCC1. The van der Waals surface area contributed by atoms with Crippen LogP contribution < -0.4 is 5.73 Å². The van der Waals surface area contributed by atoms with Crippen LogP contribution in [0.5, 0.6) is 0 Å². The van der Waals surface area contributed by atoms with E-state index < -0.39 is 6.04 Å². The second kappa shape index (κ2) is 6.52. The molecular weight excluding hydrogens is 230 g/mol. The highest BCUT2D eigenvalue weighted by atomic mass is 16.6. The van der Waals surface area contributed by atoms with E-state index in [-0.39, 0.29) is 12.1 Å². The largest absolute Gasteiger partial charge is 0.461 e. The van der Waals surface area contributed by atoms with Gasteiger partial charge in [-0.25, -0.2) is 0 Å². The minimum absolute atomic E-state index is 0.0342. The number of benzene rings is 1. The molecule has 1 atom stereocenters. The summed E-state index contributed by atoms with van der Waals surface area (Å²) in [5.41, 5.74) is 6.91. The summed E-state index contributed by atoms with van der Waals surface area (Å²) in [6, 6.07) is 9.14. The lowest BCUT2D eigenvalue weighted by Gasteiger charge is -2.23. The van der Waals surface area contributed by atoms with Gasteiger partial charge in [-0.1, -0.05) is 30.3 Å². The number of rotatable bonds is 4. The summed E-state index contributed by atoms with van der Waals surface area (Å²) in [6.45, 7) is 1.32. The van der Waals surface area contributed by atoms with Crippen LogP contribution in [-0.2, 0) is 20.7 Å². The third kappa shape index (κ3) is 3.82. The average molecular weight is 249 g/mol. The normalized spacial score (nSPS) is 18.3. The van der Waals surface area contributed by atoms with Crippen LogP contribution in [0.25, 0.3) is 0 Å². The van der Waals surface area contributed by atoms with Crippen molar-refractivity contribution < 1.29 is 14.3 Å². The second-order valence-electron chi connectivity index (χ2n) is 4.54. The zero-order chi connectivity index (χ0) is 12.8. The Hall–Kier alpha value is -1.39. The number of hydrogen-bond donors (Lipinski definition) is 1. The lowest BCUT2D eigenvalue weighted by Crippen LogP contribution is -2.38. The number of esters is 1. The van der Waals surface area contributed by atoms with Crippen molar-refractivity contribution >= 4 is 5.97 Å². The third-order valence-electron chi connectivity index (χ3n) is 3.05. The van der Waals surface area contributed by atoms with Gasteiger partial charge in [-0.3, -0.25) is 4.79 Å². The van der Waals surface area contributed by atoms with Gasteiger partial charge in [0.15, 0.2) is 0 Å². The van der Waals surface area contributed by atoms with E-state index >= 15 is 0 Å². The molecule has 1 aliphatic rings. The second-order valence-corrected chi connectivity index (χ2v) is 4.54. The first kappa shape index (κ1) is 13.1. The fourth-order valence-electron chi connectivity index (χ4n) is 2.00. The van der Waals surface area contributed by atoms with Crippen LogP contribution in [0.4, 0.5) is 0 Å². The quantitative estimate of drug-likeness (QED) is 0.816. The Morgan fingerprint density at radius 2 is 2.00 bits per heavy atom. The van der Waals surface area contributed by atoms with E-state index in [1.54, 1.807) is 0 Å². The molecule has 1 aromatic carbocycles. The Morgan fingerprint density at radius 3 is 2.67 bits per heavy atom. The topological polar surface area (TPSA) is 61.6 Å². The molecule has 18 heavy (non-hydrogen) atoms. The highest BCUT2D eigenvalue weighted by Gasteiger charge is 2.22. The highest BCUT2D eigenvalue weighted by Crippen LogP contribution is 2.12. The van der Waals surface area contributed by atoms with Crippen LogP contribution in [0.3, 0.4) is 0 Å². The summed E-state index contributed by atoms with van der Waals surface area (Å²) in [7, 11) is 0. The molecule has 4 heteroatoms. The smallest absolute Gasteiger partial charge is 0.323 e. The first-order valence-corrected chi connectivity index (χ1v) is 6.33. The van der Waals surface area contributed by atoms with Crippen LogP contribution in [0, 0.1) is 0 Å². The number of ether oxygens (including phenoxy) is 2. The zero-order valence-corrected chi connectivity index (χ0v) is 10.4. The van der Waals surface area contributed by atoms with Gasteiger partial charge in [0.2, 0.25) is 0 Å². The van der Waals surface area contributed by atoms with E-state index in [2.05, 4.69) is 0 Å². The molecule has 0 amide bonds. The molecule has 0 spiro atoms. The fraction of sp³-hybridized carbons (Fsp3) is 0.500. The lowest BCUT2D eigenvalue weighted by atomic mass is 10.1. The molecule has 0 aromatic heterocycles. The molecule has 0 aliphatic carbocycles. The van der Waals surface area contributed by atoms with Gasteiger partial charge in [-0.15, -0.1) is 0 Å². The van der Waals surface area contributed by atoms with E-state index in [1.165, 1.54) is 0 Å². The minimum atomic E-state index is -0.588. The Bertz CT molecular complexity index is 374. The number of nitrogens with two attached hydrogens (primary N) is 1. The van der Waals surface area contributed by atoms with E-state index in [1.807, 2.05) is 30.3 Å². The zero-order valence-electron chi connectivity index (χ0n) is 10.4. The molecule has 0 saturated carbocycles. The van der Waals surface area contributed by atoms with Crippen LogP contribution in [0.2, 0.25) is 0 Å². The van der Waals surface area contributed by atoms with Crippen LogP contribution in [0.1, 0.15) is 18.4 Å². The standard InChI is InChI=1S/C14H19NO3/c15-13(10-11-4-2-1-3-5-11)14(16)18-12-6-8-17-9-7-12/h1-5,12-13H,6-10,15H2. The molecular formula is C14H19NO3. The van der Waals surface area contributed by atoms with E-state index in [0.717, 1.165) is 18.4 Å². The number of hydrogen-bond acceptors (Lipinski definition) is 4. The highest BCUT2D eigenvalue weighted by molar-refractivity contribution is 5.76. The van der Waals surface area contributed by atoms with Crippen molar-refractivity contribution in [3.05, 3.63) is 35.9 Å². The monoisotopic (exact) mass is 249 g/mol. The van der Waals surface area contributed by atoms with Gasteiger partial charge in [0.1, 0.15) is 12.1 Å². The predicted molar refractivity (Wildman–Crippen MR) is 68.1 cm³/mol. The van der Waals surface area contributed by atoms with Gasteiger partial charge in [-0.05, 0) is 12.0 Å². The van der Waals surface area contributed by atoms with Crippen molar-refractivity contribution in [3.8, 4) is 0 Å². The van der Waals surface area contributed by atoms with Gasteiger partial charge >= 0.3 is 5.97 Å². The summed E-state index contributed by atoms with van der Waals surface area (Å²) < 4.78 is 10.6. The first-order chi connectivity index (χ1) is 8.75. The fourth-order valence-corrected chi connectivity index (χ4v) is 2.00. The Balaban J connectivity index is 1.81. The molecule has 98 valence electrons. The van der Waals surface area contributed by atoms with Crippen molar-refractivity contribution in [2.75, 3.05) is 13.2 Å². The third-order valence-corrected chi connectivity index (χ3v) is 3.05. The van der Waals surface area contributed by atoms with Crippen molar-refractivity contribution in [1.82, 2.24) is 0 Å². The van der Waals surface area contributed by atoms with Gasteiger partial charge in [0, 0.05) is 12.8 Å². The summed E-state index contributed by atoms with van der Waals surface area (Å²) in [4.78, 5) is 11.8. The van der Waals surface area contributed by atoms with E-state index in [9.17, 15) is 4.79 Å². The molecule has 2 rings (SSSR count). The van der Waals surface area contributed by atoms with Gasteiger partial charge in [-0.2, -0.15) is 0 Å². The van der Waals surface area contributed by atoms with Crippen LogP contribution in [0.15, 0.2) is 30.3 Å². The summed E-state index contributed by atoms with van der Waals surface area (Å²) in [6.07, 6.45) is 2.02. The maximum atomic E-state index is 11.8. The Morgan fingerprint density at radius 1 is 1.33 bits per heavy atom. The molecule has 1 unspecified atom stereocenters. The minimum Gasteiger partial charge on any atom is -0.461 e. The maximum absolute atomic E-state index is 11.8. The van der Waals surface area contributed by atoms with E-state index in [4.69, 9.17) is 15.2 Å². The number of carbonyl (C=O) groups excluding carboxylic acids is 1. The van der Waals surface area contributed by atoms with Gasteiger partial charge < -0.3 is 15.2 Å². The predicted octanol–water partition coefficient (Wildman–Crippen LogP) is 1.28. The maximum Gasteiger partial charge on any atom is 0.323 e. The van der Waals surface area contributed by atoms with Crippen molar-refractivity contribution in [2.24, 2.45) is 5.73 Å². The average Bonchev–Trinajstić information content (AvgIpc) is 2.41. The molecule has 1 heterocycles. The van der Waals surface area contributed by atoms with Gasteiger partial charge in [0.05, 0.1) is 13.2 Å². The molecule has 1 aliphatic heterocycles. The van der Waals surface area contributed by atoms with Crippen LogP contribution in [-0.4, -0.2) is 31.3 Å². The molecule has 0 radical (unpaired) electrons. The van der Waals surface area contributed by atoms with Crippen molar-refractivity contribution in [1.29, 1.82) is 0 Å². The van der Waals surface area contributed by atoms with Gasteiger partial charge in [0.25, 0.3) is 0 Å². The summed E-state index contributed by atoms with van der Waals surface area (Å²) in [5, 5.41) is 0. The lowest BCUT2D eigenvalue weighted by molar-refractivity contribution is -0.154. The molecule has 2 N–H and O–H groups in total. The molecule has 1 aromatic rings. The Kier molecular flexibility index (Phi) is 4.73. The molecule has 1 saturated heterocycles. The molecule has 4 nitrogen and oxygen atoms in total. The first-order valence-electron chi connectivity index (χ1n) is 6.33. The number of carbonyl (C=O) groups is 1.